The summed E-state index contributed by atoms with van der Waals surface area (Å²) in [6, 6.07) is 6.08. The van der Waals surface area contributed by atoms with Crippen LogP contribution in [0.25, 0.3) is 0 Å². The van der Waals surface area contributed by atoms with Gasteiger partial charge in [0.25, 0.3) is 0 Å². The number of hydrogen-bond donors (Lipinski definition) is 2. The Labute approximate surface area is 193 Å². The summed E-state index contributed by atoms with van der Waals surface area (Å²) >= 11 is 0. The Morgan fingerprint density at radius 3 is 2.64 bits per heavy atom. The smallest absolute Gasteiger partial charge is 0.410 e. The molecule has 1 aliphatic carbocycles. The molecule has 2 N–H and O–H groups in total. The molecular weight excluding hydrogens is 418 g/mol. The normalized spacial score (nSPS) is 18.6. The van der Waals surface area contributed by atoms with Gasteiger partial charge < -0.3 is 20.3 Å². The second kappa shape index (κ2) is 8.06. The molecule has 0 atom stereocenters. The maximum absolute atomic E-state index is 12.8. The van der Waals surface area contributed by atoms with Gasteiger partial charge in [-0.3, -0.25) is 9.89 Å². The predicted molar refractivity (Wildman–Crippen MR) is 129 cm³/mol. The minimum atomic E-state index is -0.500. The summed E-state index contributed by atoms with van der Waals surface area (Å²) in [5.74, 6) is 0. The number of rotatable bonds is 3. The molecule has 3 heterocycles. The van der Waals surface area contributed by atoms with Crippen molar-refractivity contribution in [2.45, 2.75) is 44.8 Å². The number of piperazine rings is 1. The average molecular weight is 448 g/mol. The van der Waals surface area contributed by atoms with Crippen molar-refractivity contribution >= 4 is 35.1 Å². The number of nitrogens with one attached hydrogen (secondary N) is 2. The topological polar surface area (TPSA) is 95.0 Å². The number of anilines is 3. The fourth-order valence-corrected chi connectivity index (χ4v) is 4.30. The molecule has 172 valence electrons. The van der Waals surface area contributed by atoms with Gasteiger partial charge in [0.05, 0.1) is 35.0 Å². The number of benzene rings is 1. The lowest BCUT2D eigenvalue weighted by atomic mass is 10.1. The quantitative estimate of drug-likeness (QED) is 0.683. The van der Waals surface area contributed by atoms with Gasteiger partial charge >= 0.3 is 6.09 Å². The number of carbonyl (C=O) groups excluding carboxylic acids is 1. The maximum Gasteiger partial charge on any atom is 0.410 e. The number of aromatic nitrogens is 2. The summed E-state index contributed by atoms with van der Waals surface area (Å²) in [5, 5.41) is 14.6. The molecule has 0 radical (unpaired) electrons. The second-order valence-electron chi connectivity index (χ2n) is 9.72. The van der Waals surface area contributed by atoms with E-state index in [4.69, 9.17) is 9.73 Å². The number of hydrogen-bond acceptors (Lipinski definition) is 8. The first-order chi connectivity index (χ1) is 15.8. The van der Waals surface area contributed by atoms with Crippen LogP contribution in [0.5, 0.6) is 0 Å². The van der Waals surface area contributed by atoms with Crippen LogP contribution in [0.2, 0.25) is 0 Å². The zero-order valence-corrected chi connectivity index (χ0v) is 19.2. The first-order valence-electron chi connectivity index (χ1n) is 11.3. The van der Waals surface area contributed by atoms with Gasteiger partial charge in [0.15, 0.2) is 0 Å². The van der Waals surface area contributed by atoms with Crippen molar-refractivity contribution < 1.29 is 9.53 Å². The molecule has 2 aliphatic heterocycles. The maximum atomic E-state index is 12.8. The van der Waals surface area contributed by atoms with E-state index in [0.717, 1.165) is 47.7 Å². The summed E-state index contributed by atoms with van der Waals surface area (Å²) in [4.78, 5) is 21.7. The SMILES string of the molecule is CC(C)(C)OC(=O)N1CCN(c2cnncc2N=Cc2ccc3c(c2)NC=CN3)CC12CC2. The molecule has 1 amide bonds. The Hall–Kier alpha value is -3.62. The van der Waals surface area contributed by atoms with Crippen LogP contribution in [-0.4, -0.2) is 58.2 Å². The number of ether oxygens (including phenoxy) is 1. The van der Waals surface area contributed by atoms with Crippen LogP contribution in [0.15, 0.2) is 48.0 Å². The molecule has 1 saturated heterocycles. The molecule has 9 heteroatoms. The Kier molecular flexibility index (Phi) is 5.19. The van der Waals surface area contributed by atoms with Gasteiger partial charge in [0.1, 0.15) is 11.3 Å². The third-order valence-electron chi connectivity index (χ3n) is 6.08. The van der Waals surface area contributed by atoms with E-state index in [1.54, 1.807) is 12.4 Å². The second-order valence-corrected chi connectivity index (χ2v) is 9.72. The Morgan fingerprint density at radius 2 is 1.88 bits per heavy atom. The first kappa shape index (κ1) is 21.2. The van der Waals surface area contributed by atoms with Crippen molar-refractivity contribution in [2.75, 3.05) is 35.2 Å². The van der Waals surface area contributed by atoms with Crippen LogP contribution in [0.3, 0.4) is 0 Å². The van der Waals surface area contributed by atoms with Gasteiger partial charge in [-0.05, 0) is 51.3 Å². The molecule has 5 rings (SSSR count). The highest BCUT2D eigenvalue weighted by atomic mass is 16.6. The first-order valence-corrected chi connectivity index (χ1v) is 11.3. The van der Waals surface area contributed by atoms with Crippen molar-refractivity contribution in [3.63, 3.8) is 0 Å². The summed E-state index contributed by atoms with van der Waals surface area (Å²) in [7, 11) is 0. The van der Waals surface area contributed by atoms with Gasteiger partial charge in [-0.25, -0.2) is 4.79 Å². The molecular formula is C24H29N7O2. The van der Waals surface area contributed by atoms with Crippen LogP contribution >= 0.6 is 0 Å². The molecule has 2 fully saturated rings. The lowest BCUT2D eigenvalue weighted by molar-refractivity contribution is 0.0107. The fraction of sp³-hybridized carbons (Fsp3) is 0.417. The highest BCUT2D eigenvalue weighted by molar-refractivity contribution is 5.88. The van der Waals surface area contributed by atoms with E-state index in [2.05, 4.69) is 25.7 Å². The zero-order valence-electron chi connectivity index (χ0n) is 19.2. The molecule has 2 aromatic rings. The van der Waals surface area contributed by atoms with Crippen LogP contribution in [0.1, 0.15) is 39.2 Å². The molecule has 3 aliphatic rings. The molecule has 1 aromatic carbocycles. The van der Waals surface area contributed by atoms with Crippen LogP contribution in [0.4, 0.5) is 27.5 Å². The summed E-state index contributed by atoms with van der Waals surface area (Å²) in [6.45, 7) is 7.74. The van der Waals surface area contributed by atoms with E-state index in [9.17, 15) is 4.79 Å². The van der Waals surface area contributed by atoms with E-state index in [1.165, 1.54) is 0 Å². The van der Waals surface area contributed by atoms with Crippen molar-refractivity contribution in [3.8, 4) is 0 Å². The van der Waals surface area contributed by atoms with Crippen molar-refractivity contribution in [1.29, 1.82) is 0 Å². The molecule has 0 unspecified atom stereocenters. The average Bonchev–Trinajstić information content (AvgIpc) is 3.55. The van der Waals surface area contributed by atoms with E-state index in [0.29, 0.717) is 13.1 Å². The molecule has 0 bridgehead atoms. The van der Waals surface area contributed by atoms with Crippen LogP contribution in [0, 0.1) is 0 Å². The van der Waals surface area contributed by atoms with E-state index >= 15 is 0 Å². The number of fused-ring (bicyclic) bond motifs is 1. The van der Waals surface area contributed by atoms with Crippen molar-refractivity contribution in [1.82, 2.24) is 15.1 Å². The third kappa shape index (κ3) is 4.48. The predicted octanol–water partition coefficient (Wildman–Crippen LogP) is 4.13. The van der Waals surface area contributed by atoms with Crippen molar-refractivity contribution in [2.24, 2.45) is 4.99 Å². The standard InChI is InChI=1S/C24H29N7O2/c1-23(2,3)33-22(32)31-11-10-30(16-24(31)6-7-24)21-15-29-28-14-20(21)27-13-17-4-5-18-19(12-17)26-9-8-25-18/h4-5,8-9,12-15,25-26H,6-7,10-11,16H2,1-3H3. The minimum absolute atomic E-state index is 0.171. The summed E-state index contributed by atoms with van der Waals surface area (Å²) < 4.78 is 5.65. The summed E-state index contributed by atoms with van der Waals surface area (Å²) in [5.41, 5.74) is 4.03. The lowest BCUT2D eigenvalue weighted by Crippen LogP contribution is -2.58. The van der Waals surface area contributed by atoms with Gasteiger partial charge in [-0.15, -0.1) is 0 Å². The van der Waals surface area contributed by atoms with Crippen LogP contribution < -0.4 is 15.5 Å². The molecule has 33 heavy (non-hydrogen) atoms. The van der Waals surface area contributed by atoms with Crippen LogP contribution in [-0.2, 0) is 4.74 Å². The molecule has 9 nitrogen and oxygen atoms in total. The number of aliphatic imine (C=N–C) groups is 1. The van der Waals surface area contributed by atoms with Gasteiger partial charge in [-0.1, -0.05) is 6.07 Å². The lowest BCUT2D eigenvalue weighted by Gasteiger charge is -2.43. The number of amides is 1. The molecule has 1 saturated carbocycles. The molecule has 1 spiro atoms. The van der Waals surface area contributed by atoms with Gasteiger partial charge in [0.2, 0.25) is 0 Å². The monoisotopic (exact) mass is 447 g/mol. The largest absolute Gasteiger partial charge is 0.444 e. The summed E-state index contributed by atoms with van der Waals surface area (Å²) in [6.07, 6.45) is 10.7. The van der Waals surface area contributed by atoms with Gasteiger partial charge in [-0.2, -0.15) is 10.2 Å². The number of carbonyl (C=O) groups is 1. The Balaban J connectivity index is 1.33. The van der Waals surface area contributed by atoms with E-state index < -0.39 is 5.60 Å². The van der Waals surface area contributed by atoms with E-state index in [-0.39, 0.29) is 11.6 Å². The van der Waals surface area contributed by atoms with E-state index in [1.807, 2.05) is 62.5 Å². The highest BCUT2D eigenvalue weighted by Gasteiger charge is 2.54. The molecule has 1 aromatic heterocycles. The zero-order chi connectivity index (χ0) is 23.1. The minimum Gasteiger partial charge on any atom is -0.444 e. The Bertz CT molecular complexity index is 1120. The highest BCUT2D eigenvalue weighted by Crippen LogP contribution is 2.46. The fourth-order valence-electron chi connectivity index (χ4n) is 4.30. The van der Waals surface area contributed by atoms with Gasteiger partial charge in [0, 0.05) is 38.2 Å². The number of nitrogens with zero attached hydrogens (tertiary/aromatic N) is 5. The third-order valence-corrected chi connectivity index (χ3v) is 6.08. The Morgan fingerprint density at radius 1 is 1.12 bits per heavy atom. The van der Waals surface area contributed by atoms with Crippen molar-refractivity contribution in [3.05, 3.63) is 48.6 Å².